The van der Waals surface area contributed by atoms with Gasteiger partial charge in [-0.25, -0.2) is 0 Å². The van der Waals surface area contributed by atoms with Gasteiger partial charge in [0.1, 0.15) is 0 Å². The molecule has 6 nitrogen and oxygen atoms in total. The van der Waals surface area contributed by atoms with Crippen molar-refractivity contribution in [2.45, 2.75) is 65.3 Å². The molecule has 0 aliphatic carbocycles. The summed E-state index contributed by atoms with van der Waals surface area (Å²) in [6.45, 7) is 11.4. The van der Waals surface area contributed by atoms with Gasteiger partial charge < -0.3 is 15.1 Å². The number of benzene rings is 2. The first kappa shape index (κ1) is 25.7. The quantitative estimate of drug-likeness (QED) is 0.601. The Balaban J connectivity index is 1.48. The van der Waals surface area contributed by atoms with Crippen molar-refractivity contribution in [3.8, 4) is 0 Å². The number of amides is 2. The molecular formula is C30H37N3O3. The van der Waals surface area contributed by atoms with Crippen molar-refractivity contribution in [1.82, 2.24) is 10.2 Å². The Labute approximate surface area is 214 Å². The van der Waals surface area contributed by atoms with Gasteiger partial charge in [0.25, 0.3) is 5.91 Å². The highest BCUT2D eigenvalue weighted by Gasteiger charge is 2.44. The summed E-state index contributed by atoms with van der Waals surface area (Å²) in [5, 5.41) is 7.32. The molecule has 2 aromatic carbocycles. The van der Waals surface area contributed by atoms with Crippen molar-refractivity contribution in [1.29, 1.82) is 0 Å². The molecule has 2 heterocycles. The molecule has 1 fully saturated rings. The number of rotatable bonds is 5. The maximum atomic E-state index is 13.7. The molecule has 2 amide bonds. The van der Waals surface area contributed by atoms with Crippen molar-refractivity contribution in [2.75, 3.05) is 13.1 Å². The SMILES string of the molecule is CC1=NOC(c2ccc(C(=O)N3CCC(C(=O)NC(C)C(C)(C)C)(c4ccccc4)CC3)cc2)=CC1. The molecule has 2 aliphatic heterocycles. The van der Waals surface area contributed by atoms with Crippen LogP contribution in [0.3, 0.4) is 0 Å². The molecule has 1 unspecified atom stereocenters. The van der Waals surface area contributed by atoms with Gasteiger partial charge >= 0.3 is 0 Å². The Morgan fingerprint density at radius 2 is 1.67 bits per heavy atom. The number of hydrogen-bond acceptors (Lipinski definition) is 4. The second kappa shape index (κ2) is 10.3. The third-order valence-electron chi connectivity index (χ3n) is 7.61. The highest BCUT2D eigenvalue weighted by molar-refractivity contribution is 5.95. The molecule has 1 N–H and O–H groups in total. The van der Waals surface area contributed by atoms with Crippen LogP contribution in [0.1, 0.15) is 75.4 Å². The van der Waals surface area contributed by atoms with Crippen LogP contribution in [0.2, 0.25) is 0 Å². The van der Waals surface area contributed by atoms with Gasteiger partial charge in [0.2, 0.25) is 5.91 Å². The fraction of sp³-hybridized carbons (Fsp3) is 0.433. The van der Waals surface area contributed by atoms with E-state index in [0.717, 1.165) is 23.3 Å². The Bertz CT molecular complexity index is 1150. The lowest BCUT2D eigenvalue weighted by Gasteiger charge is -2.42. The fourth-order valence-electron chi connectivity index (χ4n) is 4.62. The Morgan fingerprint density at radius 3 is 2.22 bits per heavy atom. The third kappa shape index (κ3) is 5.38. The zero-order valence-corrected chi connectivity index (χ0v) is 22.0. The molecule has 1 saturated heterocycles. The molecule has 0 spiro atoms. The lowest BCUT2D eigenvalue weighted by atomic mass is 9.71. The predicted molar refractivity (Wildman–Crippen MR) is 144 cm³/mol. The summed E-state index contributed by atoms with van der Waals surface area (Å²) in [5.41, 5.74) is 2.79. The summed E-state index contributed by atoms with van der Waals surface area (Å²) >= 11 is 0. The van der Waals surface area contributed by atoms with Crippen LogP contribution in [0.25, 0.3) is 5.76 Å². The summed E-state index contributed by atoms with van der Waals surface area (Å²) in [6.07, 6.45) is 3.93. The van der Waals surface area contributed by atoms with E-state index in [9.17, 15) is 9.59 Å². The summed E-state index contributed by atoms with van der Waals surface area (Å²) in [6, 6.07) is 17.5. The summed E-state index contributed by atoms with van der Waals surface area (Å²) in [4.78, 5) is 34.3. The van der Waals surface area contributed by atoms with Gasteiger partial charge in [-0.15, -0.1) is 0 Å². The van der Waals surface area contributed by atoms with Crippen LogP contribution in [-0.2, 0) is 15.0 Å². The number of oxime groups is 1. The standard InChI is InChI=1S/C30H37N3O3/c1-21-11-16-26(36-32-21)23-12-14-24(15-13-23)27(34)33-19-17-30(18-20-33,25-9-7-6-8-10-25)28(35)31-22(2)29(3,4)5/h6-10,12-16,22H,11,17-20H2,1-5H3,(H,31,35). The zero-order valence-electron chi connectivity index (χ0n) is 22.0. The van der Waals surface area contributed by atoms with Crippen LogP contribution in [0, 0.1) is 5.41 Å². The van der Waals surface area contributed by atoms with E-state index in [1.165, 1.54) is 0 Å². The molecule has 0 aromatic heterocycles. The number of allylic oxidation sites excluding steroid dienone is 1. The molecule has 2 aromatic rings. The minimum Gasteiger partial charge on any atom is -0.357 e. The molecule has 1 atom stereocenters. The van der Waals surface area contributed by atoms with Crippen LogP contribution in [0.15, 0.2) is 65.8 Å². The zero-order chi connectivity index (χ0) is 25.9. The predicted octanol–water partition coefficient (Wildman–Crippen LogP) is 5.55. The summed E-state index contributed by atoms with van der Waals surface area (Å²) < 4.78 is 0. The van der Waals surface area contributed by atoms with E-state index >= 15 is 0 Å². The summed E-state index contributed by atoms with van der Waals surface area (Å²) in [5.74, 6) is 0.742. The molecule has 0 saturated carbocycles. The number of piperidine rings is 1. The lowest BCUT2D eigenvalue weighted by Crippen LogP contribution is -2.55. The maximum absolute atomic E-state index is 13.7. The first-order valence-corrected chi connectivity index (χ1v) is 12.8. The minimum atomic E-state index is -0.648. The first-order chi connectivity index (χ1) is 17.1. The maximum Gasteiger partial charge on any atom is 0.253 e. The molecule has 2 aliphatic rings. The number of nitrogens with one attached hydrogen (secondary N) is 1. The molecular weight excluding hydrogens is 450 g/mol. The average molecular weight is 488 g/mol. The minimum absolute atomic E-state index is 0.0147. The van der Waals surface area contributed by atoms with E-state index in [1.807, 2.05) is 72.5 Å². The van der Waals surface area contributed by atoms with Gasteiger partial charge in [0.15, 0.2) is 5.76 Å². The van der Waals surface area contributed by atoms with Crippen molar-refractivity contribution in [2.24, 2.45) is 10.6 Å². The van der Waals surface area contributed by atoms with E-state index in [4.69, 9.17) is 4.84 Å². The highest BCUT2D eigenvalue weighted by Crippen LogP contribution is 2.37. The smallest absolute Gasteiger partial charge is 0.253 e. The number of hydrogen-bond donors (Lipinski definition) is 1. The van der Waals surface area contributed by atoms with E-state index in [2.05, 4.69) is 38.2 Å². The normalized spacial score (nSPS) is 18.4. The number of carbonyl (C=O) groups excluding carboxylic acids is 2. The van der Waals surface area contributed by atoms with Gasteiger partial charge in [0, 0.05) is 36.7 Å². The third-order valence-corrected chi connectivity index (χ3v) is 7.61. The highest BCUT2D eigenvalue weighted by atomic mass is 16.6. The van der Waals surface area contributed by atoms with Crippen LogP contribution in [-0.4, -0.2) is 41.6 Å². The van der Waals surface area contributed by atoms with Crippen molar-refractivity contribution >= 4 is 23.3 Å². The molecule has 6 heteroatoms. The van der Waals surface area contributed by atoms with Crippen molar-refractivity contribution < 1.29 is 14.4 Å². The van der Waals surface area contributed by atoms with Gasteiger partial charge in [0.05, 0.1) is 11.1 Å². The first-order valence-electron chi connectivity index (χ1n) is 12.8. The largest absolute Gasteiger partial charge is 0.357 e. The van der Waals surface area contributed by atoms with Crippen molar-refractivity contribution in [3.05, 3.63) is 77.4 Å². The molecule has 4 rings (SSSR count). The molecule has 0 radical (unpaired) electrons. The van der Waals surface area contributed by atoms with Gasteiger partial charge in [-0.2, -0.15) is 0 Å². The average Bonchev–Trinajstić information content (AvgIpc) is 2.89. The molecule has 0 bridgehead atoms. The van der Waals surface area contributed by atoms with E-state index < -0.39 is 5.41 Å². The molecule has 190 valence electrons. The van der Waals surface area contributed by atoms with Gasteiger partial charge in [-0.3, -0.25) is 9.59 Å². The molecule has 36 heavy (non-hydrogen) atoms. The Morgan fingerprint density at radius 1 is 1.03 bits per heavy atom. The van der Waals surface area contributed by atoms with Crippen LogP contribution >= 0.6 is 0 Å². The fourth-order valence-corrected chi connectivity index (χ4v) is 4.62. The number of carbonyl (C=O) groups is 2. The van der Waals surface area contributed by atoms with Gasteiger partial charge in [-0.05, 0) is 55.9 Å². The number of likely N-dealkylation sites (tertiary alicyclic amines) is 1. The van der Waals surface area contributed by atoms with E-state index in [0.29, 0.717) is 37.3 Å². The van der Waals surface area contributed by atoms with Crippen LogP contribution in [0.4, 0.5) is 0 Å². The monoisotopic (exact) mass is 487 g/mol. The lowest BCUT2D eigenvalue weighted by molar-refractivity contribution is -0.129. The summed E-state index contributed by atoms with van der Waals surface area (Å²) in [7, 11) is 0. The van der Waals surface area contributed by atoms with Crippen LogP contribution in [0.5, 0.6) is 0 Å². The Kier molecular flexibility index (Phi) is 7.34. The second-order valence-corrected chi connectivity index (χ2v) is 11.1. The van der Waals surface area contributed by atoms with Crippen molar-refractivity contribution in [3.63, 3.8) is 0 Å². The van der Waals surface area contributed by atoms with Gasteiger partial charge in [-0.1, -0.05) is 68.4 Å². The van der Waals surface area contributed by atoms with Crippen LogP contribution < -0.4 is 5.32 Å². The Hall–Kier alpha value is -3.41. The number of nitrogens with zero attached hydrogens (tertiary/aromatic N) is 2. The topological polar surface area (TPSA) is 71.0 Å². The second-order valence-electron chi connectivity index (χ2n) is 11.1. The van der Waals surface area contributed by atoms with E-state index in [1.54, 1.807) is 0 Å². The van der Waals surface area contributed by atoms with E-state index in [-0.39, 0.29) is 23.3 Å².